The van der Waals surface area contributed by atoms with Crippen LogP contribution in [-0.4, -0.2) is 19.0 Å². The number of hydrogen-bond donors (Lipinski definition) is 2. The zero-order chi connectivity index (χ0) is 13.7. The Morgan fingerprint density at radius 1 is 1.20 bits per heavy atom. The lowest BCUT2D eigenvalue weighted by atomic mass is 9.93. The highest BCUT2D eigenvalue weighted by Gasteiger charge is 2.14. The van der Waals surface area contributed by atoms with Crippen molar-refractivity contribution in [3.8, 4) is 0 Å². The summed E-state index contributed by atoms with van der Waals surface area (Å²) in [6.45, 7) is 2.00. The first-order chi connectivity index (χ1) is 9.13. The van der Waals surface area contributed by atoms with E-state index in [1.54, 1.807) is 0 Å². The summed E-state index contributed by atoms with van der Waals surface area (Å²) in [6, 6.07) is 3.02. The number of carbonyl (C=O) groups excluding carboxylic acids is 1. The van der Waals surface area contributed by atoms with Gasteiger partial charge in [0.15, 0.2) is 0 Å². The van der Waals surface area contributed by atoms with Crippen LogP contribution in [-0.2, 0) is 4.79 Å². The summed E-state index contributed by atoms with van der Waals surface area (Å²) in [7, 11) is 0. The fraction of sp³-hybridized carbons (Fsp3) is 0.500. The number of amides is 1. The number of anilines is 1. The van der Waals surface area contributed by atoms with Gasteiger partial charge in [0.1, 0.15) is 11.6 Å². The molecule has 0 bridgehead atoms. The molecule has 1 amide bonds. The van der Waals surface area contributed by atoms with E-state index in [9.17, 15) is 13.6 Å². The maximum Gasteiger partial charge on any atom is 0.224 e. The fourth-order valence-electron chi connectivity index (χ4n) is 2.36. The van der Waals surface area contributed by atoms with Crippen molar-refractivity contribution in [2.75, 3.05) is 18.4 Å². The molecule has 2 rings (SSSR count). The maximum absolute atomic E-state index is 13.0. The summed E-state index contributed by atoms with van der Waals surface area (Å²) in [5, 5.41) is 5.80. The molecule has 1 aliphatic heterocycles. The molecule has 1 aliphatic rings. The van der Waals surface area contributed by atoms with Gasteiger partial charge in [0.2, 0.25) is 5.91 Å². The normalized spacial score (nSPS) is 15.5. The second-order valence-corrected chi connectivity index (χ2v) is 4.94. The third-order valence-electron chi connectivity index (χ3n) is 3.38. The van der Waals surface area contributed by atoms with E-state index in [4.69, 9.17) is 0 Å². The highest BCUT2D eigenvalue weighted by Crippen LogP contribution is 2.19. The minimum atomic E-state index is -0.686. The molecule has 2 N–H and O–H groups in total. The minimum absolute atomic E-state index is 0. The van der Waals surface area contributed by atoms with E-state index in [0.29, 0.717) is 12.3 Å². The molecule has 112 valence electrons. The first-order valence-electron chi connectivity index (χ1n) is 6.60. The van der Waals surface area contributed by atoms with Crippen molar-refractivity contribution in [3.05, 3.63) is 29.8 Å². The van der Waals surface area contributed by atoms with E-state index in [0.717, 1.165) is 50.6 Å². The van der Waals surface area contributed by atoms with Gasteiger partial charge < -0.3 is 10.6 Å². The Hall–Kier alpha value is -1.20. The first kappa shape index (κ1) is 16.9. The standard InChI is InChI=1S/C14H18F2N2O.ClH/c15-11-7-12(16)9-13(8-11)18-14(19)2-1-10-3-5-17-6-4-10;/h7-10,17H,1-6H2,(H,18,19);1H. The van der Waals surface area contributed by atoms with Crippen LogP contribution >= 0.6 is 12.4 Å². The van der Waals surface area contributed by atoms with Crippen molar-refractivity contribution in [1.29, 1.82) is 0 Å². The molecule has 0 aromatic heterocycles. The van der Waals surface area contributed by atoms with Gasteiger partial charge in [0, 0.05) is 18.2 Å². The molecule has 1 saturated heterocycles. The number of halogens is 3. The predicted octanol–water partition coefficient (Wildman–Crippen LogP) is 3.10. The molecule has 6 heteroatoms. The number of hydrogen-bond acceptors (Lipinski definition) is 2. The van der Waals surface area contributed by atoms with Crippen molar-refractivity contribution >= 4 is 24.0 Å². The average molecular weight is 305 g/mol. The number of benzene rings is 1. The predicted molar refractivity (Wildman–Crippen MR) is 77.1 cm³/mol. The number of carbonyl (C=O) groups is 1. The van der Waals surface area contributed by atoms with Gasteiger partial charge in [-0.25, -0.2) is 8.78 Å². The number of piperidine rings is 1. The minimum Gasteiger partial charge on any atom is -0.326 e. The lowest BCUT2D eigenvalue weighted by Crippen LogP contribution is -2.28. The zero-order valence-electron chi connectivity index (χ0n) is 11.1. The number of rotatable bonds is 4. The monoisotopic (exact) mass is 304 g/mol. The van der Waals surface area contributed by atoms with Gasteiger partial charge in [-0.2, -0.15) is 0 Å². The molecule has 0 unspecified atom stereocenters. The van der Waals surface area contributed by atoms with Crippen LogP contribution < -0.4 is 10.6 Å². The van der Waals surface area contributed by atoms with E-state index in [2.05, 4.69) is 10.6 Å². The van der Waals surface area contributed by atoms with E-state index < -0.39 is 11.6 Å². The van der Waals surface area contributed by atoms with Gasteiger partial charge >= 0.3 is 0 Å². The molecule has 1 fully saturated rings. The maximum atomic E-state index is 13.0. The quantitative estimate of drug-likeness (QED) is 0.897. The SMILES string of the molecule is Cl.O=C(CCC1CCNCC1)Nc1cc(F)cc(F)c1. The van der Waals surface area contributed by atoms with Gasteiger partial charge in [-0.05, 0) is 50.4 Å². The van der Waals surface area contributed by atoms with E-state index in [1.807, 2.05) is 0 Å². The highest BCUT2D eigenvalue weighted by atomic mass is 35.5. The Kier molecular flexibility index (Phi) is 6.88. The molecule has 0 spiro atoms. The molecule has 1 heterocycles. The zero-order valence-corrected chi connectivity index (χ0v) is 11.9. The average Bonchev–Trinajstić information content (AvgIpc) is 2.36. The Bertz CT molecular complexity index is 431. The van der Waals surface area contributed by atoms with E-state index in [1.165, 1.54) is 0 Å². The summed E-state index contributed by atoms with van der Waals surface area (Å²) >= 11 is 0. The van der Waals surface area contributed by atoms with Crippen molar-refractivity contribution < 1.29 is 13.6 Å². The largest absolute Gasteiger partial charge is 0.326 e. The summed E-state index contributed by atoms with van der Waals surface area (Å²) in [6.07, 6.45) is 3.39. The third kappa shape index (κ3) is 5.43. The van der Waals surface area contributed by atoms with Crippen molar-refractivity contribution in [2.24, 2.45) is 5.92 Å². The van der Waals surface area contributed by atoms with E-state index in [-0.39, 0.29) is 24.0 Å². The van der Waals surface area contributed by atoms with Gasteiger partial charge in [0.25, 0.3) is 0 Å². The molecular formula is C14H19ClF2N2O. The Morgan fingerprint density at radius 2 is 1.80 bits per heavy atom. The van der Waals surface area contributed by atoms with Crippen LogP contribution in [0.15, 0.2) is 18.2 Å². The molecule has 0 atom stereocenters. The van der Waals surface area contributed by atoms with Crippen LogP contribution in [0, 0.1) is 17.6 Å². The summed E-state index contributed by atoms with van der Waals surface area (Å²) in [5.74, 6) is -0.998. The van der Waals surface area contributed by atoms with Crippen LogP contribution in [0.4, 0.5) is 14.5 Å². The molecule has 0 radical (unpaired) electrons. The topological polar surface area (TPSA) is 41.1 Å². The Balaban J connectivity index is 0.00000200. The lowest BCUT2D eigenvalue weighted by Gasteiger charge is -2.22. The first-order valence-corrected chi connectivity index (χ1v) is 6.60. The third-order valence-corrected chi connectivity index (χ3v) is 3.38. The van der Waals surface area contributed by atoms with Crippen molar-refractivity contribution in [3.63, 3.8) is 0 Å². The van der Waals surface area contributed by atoms with Crippen molar-refractivity contribution in [1.82, 2.24) is 5.32 Å². The van der Waals surface area contributed by atoms with Gasteiger partial charge in [-0.3, -0.25) is 4.79 Å². The van der Waals surface area contributed by atoms with E-state index >= 15 is 0 Å². The highest BCUT2D eigenvalue weighted by molar-refractivity contribution is 5.90. The molecule has 3 nitrogen and oxygen atoms in total. The number of nitrogens with one attached hydrogen (secondary N) is 2. The molecule has 1 aromatic carbocycles. The smallest absolute Gasteiger partial charge is 0.224 e. The molecular weight excluding hydrogens is 286 g/mol. The molecule has 0 saturated carbocycles. The Morgan fingerprint density at radius 3 is 2.40 bits per heavy atom. The lowest BCUT2D eigenvalue weighted by molar-refractivity contribution is -0.116. The van der Waals surface area contributed by atoms with Gasteiger partial charge in [-0.15, -0.1) is 12.4 Å². The van der Waals surface area contributed by atoms with Gasteiger partial charge in [-0.1, -0.05) is 0 Å². The molecule has 0 aliphatic carbocycles. The van der Waals surface area contributed by atoms with Crippen molar-refractivity contribution in [2.45, 2.75) is 25.7 Å². The molecule has 20 heavy (non-hydrogen) atoms. The van der Waals surface area contributed by atoms with Crippen LogP contribution in [0.3, 0.4) is 0 Å². The summed E-state index contributed by atoms with van der Waals surface area (Å²) in [5.41, 5.74) is 0.174. The second kappa shape index (κ2) is 8.17. The summed E-state index contributed by atoms with van der Waals surface area (Å²) < 4.78 is 25.9. The van der Waals surface area contributed by atoms with Crippen LogP contribution in [0.2, 0.25) is 0 Å². The fourth-order valence-corrected chi connectivity index (χ4v) is 2.36. The molecule has 1 aromatic rings. The van der Waals surface area contributed by atoms with Gasteiger partial charge in [0.05, 0.1) is 0 Å². The van der Waals surface area contributed by atoms with Crippen LogP contribution in [0.25, 0.3) is 0 Å². The Labute approximate surface area is 123 Å². The summed E-state index contributed by atoms with van der Waals surface area (Å²) in [4.78, 5) is 11.7. The van der Waals surface area contributed by atoms with Crippen LogP contribution in [0.5, 0.6) is 0 Å². The van der Waals surface area contributed by atoms with Crippen LogP contribution in [0.1, 0.15) is 25.7 Å². The second-order valence-electron chi connectivity index (χ2n) is 4.94.